The number of rotatable bonds is 1. The summed E-state index contributed by atoms with van der Waals surface area (Å²) < 4.78 is 5.29. The maximum atomic E-state index is 12.0. The number of carbonyl (C=O) groups is 1. The van der Waals surface area contributed by atoms with E-state index in [0.717, 1.165) is 0 Å². The molecule has 0 aliphatic carbocycles. The molecule has 1 saturated heterocycles. The van der Waals surface area contributed by atoms with Crippen molar-refractivity contribution < 1.29 is 9.53 Å². The Labute approximate surface area is 88.9 Å². The van der Waals surface area contributed by atoms with Gasteiger partial charge in [0.15, 0.2) is 0 Å². The first-order valence-electron chi connectivity index (χ1n) is 5.08. The zero-order chi connectivity index (χ0) is 10.7. The third-order valence-electron chi connectivity index (χ3n) is 2.54. The van der Waals surface area contributed by atoms with E-state index in [9.17, 15) is 4.79 Å². The molecule has 4 heteroatoms. The molecule has 1 aromatic rings. The molecule has 15 heavy (non-hydrogen) atoms. The molecule has 1 aliphatic heterocycles. The van der Waals surface area contributed by atoms with Crippen LogP contribution in [0.4, 0.5) is 0 Å². The van der Waals surface area contributed by atoms with Crippen molar-refractivity contribution in [3.8, 4) is 0 Å². The highest BCUT2D eigenvalue weighted by molar-refractivity contribution is 5.94. The van der Waals surface area contributed by atoms with Crippen LogP contribution in [0.1, 0.15) is 17.3 Å². The van der Waals surface area contributed by atoms with Gasteiger partial charge in [-0.25, -0.2) is 0 Å². The molecular formula is C11H14N2O2. The van der Waals surface area contributed by atoms with Crippen molar-refractivity contribution in [1.82, 2.24) is 9.88 Å². The lowest BCUT2D eigenvalue weighted by Crippen LogP contribution is -2.47. The van der Waals surface area contributed by atoms with Crippen LogP contribution in [0.5, 0.6) is 0 Å². The molecule has 1 fully saturated rings. The molecule has 0 N–H and O–H groups in total. The first-order chi connectivity index (χ1) is 7.29. The summed E-state index contributed by atoms with van der Waals surface area (Å²) >= 11 is 0. The highest BCUT2D eigenvalue weighted by Gasteiger charge is 2.24. The molecular weight excluding hydrogens is 192 g/mol. The van der Waals surface area contributed by atoms with Crippen LogP contribution in [0, 0.1) is 0 Å². The third-order valence-corrected chi connectivity index (χ3v) is 2.54. The van der Waals surface area contributed by atoms with Crippen molar-refractivity contribution in [1.29, 1.82) is 0 Å². The van der Waals surface area contributed by atoms with Crippen LogP contribution in [0.25, 0.3) is 0 Å². The van der Waals surface area contributed by atoms with Crippen LogP contribution < -0.4 is 0 Å². The molecule has 2 heterocycles. The van der Waals surface area contributed by atoms with Crippen molar-refractivity contribution >= 4 is 5.91 Å². The topological polar surface area (TPSA) is 42.4 Å². The van der Waals surface area contributed by atoms with E-state index in [-0.39, 0.29) is 11.9 Å². The monoisotopic (exact) mass is 206 g/mol. The Morgan fingerprint density at radius 3 is 3.20 bits per heavy atom. The van der Waals surface area contributed by atoms with Crippen molar-refractivity contribution in [3.05, 3.63) is 30.1 Å². The van der Waals surface area contributed by atoms with E-state index in [2.05, 4.69) is 4.98 Å². The number of carbonyl (C=O) groups excluding carboxylic acids is 1. The average molecular weight is 206 g/mol. The van der Waals surface area contributed by atoms with E-state index < -0.39 is 0 Å². The van der Waals surface area contributed by atoms with Gasteiger partial charge in [-0.2, -0.15) is 0 Å². The maximum Gasteiger partial charge on any atom is 0.255 e. The molecule has 80 valence electrons. The van der Waals surface area contributed by atoms with Crippen LogP contribution in [0.2, 0.25) is 0 Å². The summed E-state index contributed by atoms with van der Waals surface area (Å²) in [4.78, 5) is 17.8. The van der Waals surface area contributed by atoms with E-state index in [1.165, 1.54) is 0 Å². The number of amides is 1. The molecule has 0 bridgehead atoms. The van der Waals surface area contributed by atoms with E-state index in [4.69, 9.17) is 4.74 Å². The average Bonchev–Trinajstić information content (AvgIpc) is 2.30. The van der Waals surface area contributed by atoms with Crippen LogP contribution in [0.3, 0.4) is 0 Å². The minimum atomic E-state index is 0.0406. The van der Waals surface area contributed by atoms with Crippen LogP contribution in [0.15, 0.2) is 24.5 Å². The van der Waals surface area contributed by atoms with Crippen LogP contribution in [-0.2, 0) is 4.74 Å². The van der Waals surface area contributed by atoms with Crippen LogP contribution in [-0.4, -0.2) is 41.6 Å². The summed E-state index contributed by atoms with van der Waals surface area (Å²) in [6.07, 6.45) is 3.27. The van der Waals surface area contributed by atoms with Gasteiger partial charge in [-0.3, -0.25) is 9.78 Å². The van der Waals surface area contributed by atoms with E-state index in [0.29, 0.717) is 25.3 Å². The number of ether oxygens (including phenoxy) is 1. The zero-order valence-corrected chi connectivity index (χ0v) is 8.72. The summed E-state index contributed by atoms with van der Waals surface area (Å²) in [7, 11) is 0. The fourth-order valence-electron chi connectivity index (χ4n) is 1.68. The first kappa shape index (κ1) is 10.1. The predicted octanol–water partition coefficient (Wildman–Crippen LogP) is 0.943. The second-order valence-electron chi connectivity index (χ2n) is 3.66. The Hall–Kier alpha value is -1.42. The summed E-state index contributed by atoms with van der Waals surface area (Å²) in [5, 5.41) is 0. The van der Waals surface area contributed by atoms with Crippen molar-refractivity contribution in [2.75, 3.05) is 19.8 Å². The maximum absolute atomic E-state index is 12.0. The highest BCUT2D eigenvalue weighted by Crippen LogP contribution is 2.11. The van der Waals surface area contributed by atoms with E-state index >= 15 is 0 Å². The smallest absolute Gasteiger partial charge is 0.255 e. The normalized spacial score (nSPS) is 21.4. The Balaban J connectivity index is 2.13. The Morgan fingerprint density at radius 1 is 1.67 bits per heavy atom. The largest absolute Gasteiger partial charge is 0.377 e. The molecule has 0 spiro atoms. The van der Waals surface area contributed by atoms with Crippen molar-refractivity contribution in [2.45, 2.75) is 13.0 Å². The standard InChI is InChI=1S/C11H14N2O2/c1-9-8-15-6-5-13(9)11(14)10-3-2-4-12-7-10/h2-4,7,9H,5-6,8H2,1H3/t9-/m1/s1. The number of nitrogens with zero attached hydrogens (tertiary/aromatic N) is 2. The zero-order valence-electron chi connectivity index (χ0n) is 8.72. The lowest BCUT2D eigenvalue weighted by molar-refractivity contribution is 0.00357. The molecule has 0 radical (unpaired) electrons. The molecule has 1 atom stereocenters. The second-order valence-corrected chi connectivity index (χ2v) is 3.66. The van der Waals surface area contributed by atoms with Gasteiger partial charge in [0, 0.05) is 18.9 Å². The third kappa shape index (κ3) is 2.15. The summed E-state index contributed by atoms with van der Waals surface area (Å²) in [5.41, 5.74) is 0.645. The number of aromatic nitrogens is 1. The first-order valence-corrected chi connectivity index (χ1v) is 5.08. The van der Waals surface area contributed by atoms with E-state index in [1.807, 2.05) is 11.8 Å². The number of morpholine rings is 1. The lowest BCUT2D eigenvalue weighted by atomic mass is 10.2. The Kier molecular flexibility index (Phi) is 2.97. The SMILES string of the molecule is C[C@@H]1COCCN1C(=O)c1cccnc1. The predicted molar refractivity (Wildman–Crippen MR) is 55.6 cm³/mol. The molecule has 0 saturated carbocycles. The van der Waals surface area contributed by atoms with Gasteiger partial charge in [0.2, 0.25) is 0 Å². The Morgan fingerprint density at radius 2 is 2.53 bits per heavy atom. The Bertz CT molecular complexity index is 340. The quantitative estimate of drug-likeness (QED) is 0.686. The minimum absolute atomic E-state index is 0.0406. The van der Waals surface area contributed by atoms with Crippen molar-refractivity contribution in [3.63, 3.8) is 0 Å². The number of hydrogen-bond acceptors (Lipinski definition) is 3. The summed E-state index contributed by atoms with van der Waals surface area (Å²) in [6, 6.07) is 3.71. The molecule has 0 aromatic carbocycles. The van der Waals surface area contributed by atoms with Gasteiger partial charge in [-0.05, 0) is 19.1 Å². The van der Waals surface area contributed by atoms with Gasteiger partial charge in [0.05, 0.1) is 24.8 Å². The van der Waals surface area contributed by atoms with Gasteiger partial charge in [0.1, 0.15) is 0 Å². The molecule has 1 amide bonds. The summed E-state index contributed by atoms with van der Waals surface area (Å²) in [6.45, 7) is 3.89. The van der Waals surface area contributed by atoms with Gasteiger partial charge < -0.3 is 9.64 Å². The summed E-state index contributed by atoms with van der Waals surface area (Å²) in [5.74, 6) is 0.0406. The van der Waals surface area contributed by atoms with Crippen LogP contribution >= 0.6 is 0 Å². The van der Waals surface area contributed by atoms with E-state index in [1.54, 1.807) is 24.5 Å². The lowest BCUT2D eigenvalue weighted by Gasteiger charge is -2.33. The highest BCUT2D eigenvalue weighted by atomic mass is 16.5. The fourth-order valence-corrected chi connectivity index (χ4v) is 1.68. The van der Waals surface area contributed by atoms with Gasteiger partial charge in [-0.15, -0.1) is 0 Å². The molecule has 1 aliphatic rings. The fraction of sp³-hybridized carbons (Fsp3) is 0.455. The minimum Gasteiger partial charge on any atom is -0.377 e. The molecule has 1 aromatic heterocycles. The number of hydrogen-bond donors (Lipinski definition) is 0. The molecule has 4 nitrogen and oxygen atoms in total. The van der Waals surface area contributed by atoms with Gasteiger partial charge >= 0.3 is 0 Å². The molecule has 0 unspecified atom stereocenters. The van der Waals surface area contributed by atoms with Gasteiger partial charge in [0.25, 0.3) is 5.91 Å². The molecule has 2 rings (SSSR count). The van der Waals surface area contributed by atoms with Gasteiger partial charge in [-0.1, -0.05) is 0 Å². The van der Waals surface area contributed by atoms with Crippen molar-refractivity contribution in [2.24, 2.45) is 0 Å². The number of pyridine rings is 1. The second kappa shape index (κ2) is 4.40.